The summed E-state index contributed by atoms with van der Waals surface area (Å²) in [4.78, 5) is 12.6. The number of hydrogen-bond acceptors (Lipinski definition) is 3. The van der Waals surface area contributed by atoms with Gasteiger partial charge in [-0.15, -0.1) is 0 Å². The highest BCUT2D eigenvalue weighted by molar-refractivity contribution is 5.81. The van der Waals surface area contributed by atoms with Crippen molar-refractivity contribution < 1.29 is 13.6 Å². The zero-order valence-electron chi connectivity index (χ0n) is 8.04. The van der Waals surface area contributed by atoms with Crippen LogP contribution in [0, 0.1) is 0 Å². The summed E-state index contributed by atoms with van der Waals surface area (Å²) < 4.78 is 25.0. The number of nitrogens with one attached hydrogen (secondary N) is 1. The van der Waals surface area contributed by atoms with E-state index in [-0.39, 0.29) is 6.54 Å². The van der Waals surface area contributed by atoms with E-state index in [1.54, 1.807) is 0 Å². The molecule has 0 spiro atoms. The number of nitrogens with two attached hydrogens (primary N) is 1. The maximum Gasteiger partial charge on any atom is 0.259 e. The molecule has 1 aliphatic heterocycles. The van der Waals surface area contributed by atoms with Crippen molar-refractivity contribution in [1.82, 2.24) is 10.2 Å². The highest BCUT2D eigenvalue weighted by Crippen LogP contribution is 2.12. The second-order valence-electron chi connectivity index (χ2n) is 3.43. The number of alkyl halides is 2. The highest BCUT2D eigenvalue weighted by Gasteiger charge is 2.33. The lowest BCUT2D eigenvalue weighted by molar-refractivity contribution is -0.139. The van der Waals surface area contributed by atoms with E-state index >= 15 is 0 Å². The number of carbonyl (C=O) groups excluding carboxylic acids is 1. The van der Waals surface area contributed by atoms with Crippen LogP contribution in [0.5, 0.6) is 0 Å². The largest absolute Gasteiger partial charge is 0.330 e. The van der Waals surface area contributed by atoms with Crippen LogP contribution in [0.4, 0.5) is 8.78 Å². The summed E-state index contributed by atoms with van der Waals surface area (Å²) in [5.74, 6) is -0.406. The van der Waals surface area contributed by atoms with E-state index in [0.29, 0.717) is 13.1 Å². The van der Waals surface area contributed by atoms with Gasteiger partial charge in [-0.2, -0.15) is 0 Å². The van der Waals surface area contributed by atoms with Crippen LogP contribution in [-0.4, -0.2) is 49.0 Å². The Morgan fingerprint density at radius 2 is 2.29 bits per heavy atom. The molecule has 4 nitrogen and oxygen atoms in total. The van der Waals surface area contributed by atoms with Crippen molar-refractivity contribution in [2.45, 2.75) is 25.4 Å². The van der Waals surface area contributed by atoms with Gasteiger partial charge in [0.15, 0.2) is 0 Å². The molecule has 2 atom stereocenters. The smallest absolute Gasteiger partial charge is 0.259 e. The topological polar surface area (TPSA) is 58.4 Å². The standard InChI is InChI=1S/C8H15F2N3O/c1-5(11)8(14)13-3-2-12-4-6(13)7(9)10/h5-7,12H,2-4,11H2,1H3/t5-,6?/m0/s1. The van der Waals surface area contributed by atoms with Crippen LogP contribution < -0.4 is 11.1 Å². The van der Waals surface area contributed by atoms with Crippen LogP contribution >= 0.6 is 0 Å². The van der Waals surface area contributed by atoms with Gasteiger partial charge in [-0.1, -0.05) is 0 Å². The molecule has 1 aliphatic rings. The average Bonchev–Trinajstić information content (AvgIpc) is 2.16. The second kappa shape index (κ2) is 4.65. The lowest BCUT2D eigenvalue weighted by Gasteiger charge is -2.36. The van der Waals surface area contributed by atoms with Crippen molar-refractivity contribution in [3.63, 3.8) is 0 Å². The molecule has 1 unspecified atom stereocenters. The first-order valence-electron chi connectivity index (χ1n) is 4.59. The van der Waals surface area contributed by atoms with Crippen molar-refractivity contribution >= 4 is 5.91 Å². The molecule has 6 heteroatoms. The molecule has 0 aromatic rings. The molecular formula is C8H15F2N3O. The summed E-state index contributed by atoms with van der Waals surface area (Å²) >= 11 is 0. The summed E-state index contributed by atoms with van der Waals surface area (Å²) in [7, 11) is 0. The number of nitrogens with zero attached hydrogens (tertiary/aromatic N) is 1. The van der Waals surface area contributed by atoms with Gasteiger partial charge in [0, 0.05) is 19.6 Å². The monoisotopic (exact) mass is 207 g/mol. The molecule has 1 rings (SSSR count). The highest BCUT2D eigenvalue weighted by atomic mass is 19.3. The van der Waals surface area contributed by atoms with Gasteiger partial charge in [0.25, 0.3) is 6.43 Å². The molecular weight excluding hydrogens is 192 g/mol. The van der Waals surface area contributed by atoms with E-state index < -0.39 is 24.4 Å². The summed E-state index contributed by atoms with van der Waals surface area (Å²) in [6.45, 7) is 2.49. The normalized spacial score (nSPS) is 25.2. The van der Waals surface area contributed by atoms with E-state index in [1.165, 1.54) is 11.8 Å². The molecule has 0 saturated carbocycles. The fourth-order valence-electron chi connectivity index (χ4n) is 1.49. The fraction of sp³-hybridized carbons (Fsp3) is 0.875. The molecule has 1 saturated heterocycles. The lowest BCUT2D eigenvalue weighted by Crippen LogP contribution is -2.59. The van der Waals surface area contributed by atoms with Crippen LogP contribution in [0.2, 0.25) is 0 Å². The first-order valence-corrected chi connectivity index (χ1v) is 4.59. The van der Waals surface area contributed by atoms with E-state index in [4.69, 9.17) is 5.73 Å². The van der Waals surface area contributed by atoms with Gasteiger partial charge >= 0.3 is 0 Å². The van der Waals surface area contributed by atoms with Gasteiger partial charge in [0.05, 0.1) is 6.04 Å². The molecule has 3 N–H and O–H groups in total. The average molecular weight is 207 g/mol. The first kappa shape index (κ1) is 11.3. The number of halogens is 2. The van der Waals surface area contributed by atoms with Crippen molar-refractivity contribution in [3.05, 3.63) is 0 Å². The molecule has 1 fully saturated rings. The number of carbonyl (C=O) groups is 1. The van der Waals surface area contributed by atoms with Crippen molar-refractivity contribution in [1.29, 1.82) is 0 Å². The Morgan fingerprint density at radius 1 is 1.64 bits per heavy atom. The zero-order valence-corrected chi connectivity index (χ0v) is 8.04. The van der Waals surface area contributed by atoms with Gasteiger partial charge in [-0.25, -0.2) is 8.78 Å². The molecule has 0 bridgehead atoms. The molecule has 0 aromatic carbocycles. The maximum atomic E-state index is 12.5. The maximum absolute atomic E-state index is 12.5. The van der Waals surface area contributed by atoms with Crippen molar-refractivity contribution in [2.24, 2.45) is 5.73 Å². The predicted molar refractivity (Wildman–Crippen MR) is 48.0 cm³/mol. The Balaban J connectivity index is 2.67. The van der Waals surface area contributed by atoms with Crippen molar-refractivity contribution in [2.75, 3.05) is 19.6 Å². The summed E-state index contributed by atoms with van der Waals surface area (Å²) in [6.07, 6.45) is -2.52. The molecule has 0 aliphatic carbocycles. The predicted octanol–water partition coefficient (Wildman–Crippen LogP) is -0.601. The van der Waals surface area contributed by atoms with Crippen LogP contribution in [0.1, 0.15) is 6.92 Å². The molecule has 1 heterocycles. The van der Waals surface area contributed by atoms with E-state index in [9.17, 15) is 13.6 Å². The lowest BCUT2D eigenvalue weighted by atomic mass is 10.1. The third-order valence-corrected chi connectivity index (χ3v) is 2.25. The minimum Gasteiger partial charge on any atom is -0.330 e. The Bertz CT molecular complexity index is 211. The van der Waals surface area contributed by atoms with Crippen LogP contribution in [-0.2, 0) is 4.79 Å². The van der Waals surface area contributed by atoms with Crippen LogP contribution in [0.15, 0.2) is 0 Å². The Kier molecular flexibility index (Phi) is 3.77. The number of amides is 1. The second-order valence-corrected chi connectivity index (χ2v) is 3.43. The molecule has 0 radical (unpaired) electrons. The van der Waals surface area contributed by atoms with Gasteiger partial charge in [0.2, 0.25) is 5.91 Å². The minimum absolute atomic E-state index is 0.135. The van der Waals surface area contributed by atoms with Crippen LogP contribution in [0.3, 0.4) is 0 Å². The van der Waals surface area contributed by atoms with Gasteiger partial charge < -0.3 is 16.0 Å². The SMILES string of the molecule is C[C@H](N)C(=O)N1CCNCC1C(F)F. The first-order chi connectivity index (χ1) is 6.54. The van der Waals surface area contributed by atoms with E-state index in [0.717, 1.165) is 0 Å². The molecule has 82 valence electrons. The summed E-state index contributed by atoms with van der Waals surface area (Å²) in [5, 5.41) is 2.83. The molecule has 14 heavy (non-hydrogen) atoms. The minimum atomic E-state index is -2.52. The van der Waals surface area contributed by atoms with Gasteiger partial charge in [-0.05, 0) is 6.92 Å². The third kappa shape index (κ3) is 2.39. The van der Waals surface area contributed by atoms with E-state index in [2.05, 4.69) is 5.32 Å². The molecule has 1 amide bonds. The van der Waals surface area contributed by atoms with Gasteiger partial charge in [-0.3, -0.25) is 4.79 Å². The van der Waals surface area contributed by atoms with E-state index in [1.807, 2.05) is 0 Å². The fourth-order valence-corrected chi connectivity index (χ4v) is 1.49. The number of piperazine rings is 1. The summed E-state index contributed by atoms with van der Waals surface area (Å²) in [5.41, 5.74) is 5.37. The quantitative estimate of drug-likeness (QED) is 0.635. The number of rotatable bonds is 2. The third-order valence-electron chi connectivity index (χ3n) is 2.25. The summed E-state index contributed by atoms with van der Waals surface area (Å²) in [6, 6.07) is -1.75. The zero-order chi connectivity index (χ0) is 10.7. The Labute approximate surface area is 81.4 Å². The van der Waals surface area contributed by atoms with Crippen LogP contribution in [0.25, 0.3) is 0 Å². The number of hydrogen-bond donors (Lipinski definition) is 2. The Hall–Kier alpha value is -0.750. The van der Waals surface area contributed by atoms with Gasteiger partial charge in [0.1, 0.15) is 6.04 Å². The Morgan fingerprint density at radius 3 is 2.79 bits per heavy atom. The van der Waals surface area contributed by atoms with Crippen molar-refractivity contribution in [3.8, 4) is 0 Å². The molecule has 0 aromatic heterocycles.